The first-order valence-corrected chi connectivity index (χ1v) is 12.4. The second-order valence-corrected chi connectivity index (χ2v) is 8.41. The van der Waals surface area contributed by atoms with E-state index < -0.39 is 12.1 Å². The van der Waals surface area contributed by atoms with Gasteiger partial charge in [-0.05, 0) is 19.3 Å². The van der Waals surface area contributed by atoms with Gasteiger partial charge in [0, 0.05) is 6.42 Å². The van der Waals surface area contributed by atoms with Crippen LogP contribution in [0.25, 0.3) is 0 Å². The Morgan fingerprint density at radius 3 is 1.76 bits per heavy atom. The van der Waals surface area contributed by atoms with Gasteiger partial charge in [0.15, 0.2) is 0 Å². The van der Waals surface area contributed by atoms with Crippen molar-refractivity contribution in [1.29, 1.82) is 0 Å². The van der Waals surface area contributed by atoms with Crippen molar-refractivity contribution in [1.82, 2.24) is 5.32 Å². The van der Waals surface area contributed by atoms with Crippen LogP contribution in [0.3, 0.4) is 0 Å². The number of rotatable bonds is 21. The van der Waals surface area contributed by atoms with Crippen molar-refractivity contribution in [2.24, 2.45) is 0 Å². The van der Waals surface area contributed by atoms with Crippen LogP contribution in [0.5, 0.6) is 0 Å². The van der Waals surface area contributed by atoms with E-state index in [-0.39, 0.29) is 12.5 Å². The molecule has 0 aliphatic rings. The van der Waals surface area contributed by atoms with Gasteiger partial charge in [0.05, 0.1) is 18.8 Å². The average Bonchev–Trinajstić information content (AvgIpc) is 2.73. The Labute approximate surface area is 180 Å². The minimum Gasteiger partial charge on any atom is -0.394 e. The van der Waals surface area contributed by atoms with Crippen molar-refractivity contribution in [2.75, 3.05) is 6.61 Å². The van der Waals surface area contributed by atoms with E-state index in [1.165, 1.54) is 77.0 Å². The lowest BCUT2D eigenvalue weighted by molar-refractivity contribution is -0.122. The summed E-state index contributed by atoms with van der Waals surface area (Å²) in [6, 6.07) is -0.609. The molecule has 0 radical (unpaired) electrons. The van der Waals surface area contributed by atoms with E-state index in [0.717, 1.165) is 25.7 Å². The Morgan fingerprint density at radius 1 is 0.793 bits per heavy atom. The van der Waals surface area contributed by atoms with Gasteiger partial charge in [-0.15, -0.1) is 0 Å². The molecule has 172 valence electrons. The molecule has 4 heteroatoms. The molecular formula is C25H49NO3. The number of allylic oxidation sites excluding steroid dienone is 1. The van der Waals surface area contributed by atoms with Gasteiger partial charge in [0.2, 0.25) is 5.91 Å². The summed E-state index contributed by atoms with van der Waals surface area (Å²) in [6.45, 7) is 4.05. The standard InChI is InChI=1S/C25H49NO3/c1-3-5-7-8-9-10-11-12-13-14-15-16-17-18-19-20-24(28)23(22-27)26-25(29)21-6-4-2/h19-20,23-24,27-28H,3-18,21-22H2,1-2H3,(H,26,29)/b20-19+. The summed E-state index contributed by atoms with van der Waals surface area (Å²) in [4.78, 5) is 11.7. The molecular weight excluding hydrogens is 362 g/mol. The topological polar surface area (TPSA) is 69.6 Å². The first-order valence-electron chi connectivity index (χ1n) is 12.4. The lowest BCUT2D eigenvalue weighted by Crippen LogP contribution is -2.45. The minimum atomic E-state index is -0.826. The Balaban J connectivity index is 3.56. The van der Waals surface area contributed by atoms with Gasteiger partial charge >= 0.3 is 0 Å². The predicted molar refractivity (Wildman–Crippen MR) is 124 cm³/mol. The fourth-order valence-electron chi connectivity index (χ4n) is 3.51. The fourth-order valence-corrected chi connectivity index (χ4v) is 3.51. The Hall–Kier alpha value is -0.870. The van der Waals surface area contributed by atoms with Crippen molar-refractivity contribution in [3.63, 3.8) is 0 Å². The summed E-state index contributed by atoms with van der Waals surface area (Å²) in [5.74, 6) is -0.102. The van der Waals surface area contributed by atoms with Gasteiger partial charge in [0.25, 0.3) is 0 Å². The number of hydrogen-bond acceptors (Lipinski definition) is 3. The first-order chi connectivity index (χ1) is 14.2. The summed E-state index contributed by atoms with van der Waals surface area (Å²) >= 11 is 0. The third-order valence-electron chi connectivity index (χ3n) is 5.52. The lowest BCUT2D eigenvalue weighted by Gasteiger charge is -2.19. The second kappa shape index (κ2) is 21.8. The zero-order valence-corrected chi connectivity index (χ0v) is 19.3. The summed E-state index contributed by atoms with van der Waals surface area (Å²) in [6.07, 6.45) is 23.5. The van der Waals surface area contributed by atoms with Crippen LogP contribution in [0.1, 0.15) is 123 Å². The quantitative estimate of drug-likeness (QED) is 0.159. The van der Waals surface area contributed by atoms with Crippen molar-refractivity contribution in [2.45, 2.75) is 135 Å². The van der Waals surface area contributed by atoms with Crippen LogP contribution in [0.4, 0.5) is 0 Å². The third-order valence-corrected chi connectivity index (χ3v) is 5.52. The largest absolute Gasteiger partial charge is 0.394 e. The molecule has 0 fully saturated rings. The van der Waals surface area contributed by atoms with Gasteiger partial charge in [-0.3, -0.25) is 4.79 Å². The van der Waals surface area contributed by atoms with Crippen molar-refractivity contribution < 1.29 is 15.0 Å². The zero-order valence-electron chi connectivity index (χ0n) is 19.3. The number of amides is 1. The molecule has 0 aliphatic heterocycles. The minimum absolute atomic E-state index is 0.102. The molecule has 0 bridgehead atoms. The molecule has 0 aromatic heterocycles. The summed E-state index contributed by atoms with van der Waals surface area (Å²) in [5.41, 5.74) is 0. The van der Waals surface area contributed by atoms with Crippen LogP contribution in [0.15, 0.2) is 12.2 Å². The molecule has 0 saturated carbocycles. The third kappa shape index (κ3) is 18.9. The molecule has 0 rings (SSSR count). The van der Waals surface area contributed by atoms with E-state index in [4.69, 9.17) is 0 Å². The van der Waals surface area contributed by atoms with Gasteiger partial charge in [-0.25, -0.2) is 0 Å². The monoisotopic (exact) mass is 411 g/mol. The summed E-state index contributed by atoms with van der Waals surface area (Å²) in [7, 11) is 0. The predicted octanol–water partition coefficient (Wildman–Crippen LogP) is 6.05. The van der Waals surface area contributed by atoms with E-state index in [1.807, 2.05) is 13.0 Å². The SMILES string of the molecule is CCCCCCCCCCCCCCC/C=C/C(O)C(CO)NC(=O)CCCC. The molecule has 4 nitrogen and oxygen atoms in total. The normalized spacial score (nSPS) is 13.7. The van der Waals surface area contributed by atoms with Crippen molar-refractivity contribution in [3.8, 4) is 0 Å². The van der Waals surface area contributed by atoms with Crippen LogP contribution >= 0.6 is 0 Å². The van der Waals surface area contributed by atoms with Crippen LogP contribution < -0.4 is 5.32 Å². The van der Waals surface area contributed by atoms with Crippen molar-refractivity contribution in [3.05, 3.63) is 12.2 Å². The van der Waals surface area contributed by atoms with E-state index >= 15 is 0 Å². The van der Waals surface area contributed by atoms with Crippen LogP contribution in [0, 0.1) is 0 Å². The highest BCUT2D eigenvalue weighted by atomic mass is 16.3. The lowest BCUT2D eigenvalue weighted by atomic mass is 10.0. The maximum absolute atomic E-state index is 11.7. The van der Waals surface area contributed by atoms with Crippen LogP contribution in [-0.2, 0) is 4.79 Å². The molecule has 0 aromatic rings. The first kappa shape index (κ1) is 28.1. The molecule has 2 atom stereocenters. The summed E-state index contributed by atoms with van der Waals surface area (Å²) < 4.78 is 0. The van der Waals surface area contributed by atoms with E-state index in [1.54, 1.807) is 6.08 Å². The highest BCUT2D eigenvalue weighted by Gasteiger charge is 2.17. The van der Waals surface area contributed by atoms with Crippen molar-refractivity contribution >= 4 is 5.91 Å². The summed E-state index contributed by atoms with van der Waals surface area (Å²) in [5, 5.41) is 22.2. The molecule has 0 spiro atoms. The highest BCUT2D eigenvalue weighted by molar-refractivity contribution is 5.76. The maximum Gasteiger partial charge on any atom is 0.220 e. The molecule has 0 aromatic carbocycles. The van der Waals surface area contributed by atoms with Gasteiger partial charge in [-0.2, -0.15) is 0 Å². The van der Waals surface area contributed by atoms with Gasteiger partial charge in [-0.1, -0.05) is 109 Å². The van der Waals surface area contributed by atoms with Crippen LogP contribution in [-0.4, -0.2) is 34.9 Å². The van der Waals surface area contributed by atoms with Gasteiger partial charge < -0.3 is 15.5 Å². The Bertz CT molecular complexity index is 384. The maximum atomic E-state index is 11.7. The zero-order chi connectivity index (χ0) is 21.6. The molecule has 0 heterocycles. The molecule has 0 saturated heterocycles. The molecule has 1 amide bonds. The second-order valence-electron chi connectivity index (χ2n) is 8.41. The number of carbonyl (C=O) groups excluding carboxylic acids is 1. The smallest absolute Gasteiger partial charge is 0.220 e. The molecule has 2 unspecified atom stereocenters. The molecule has 29 heavy (non-hydrogen) atoms. The molecule has 0 aliphatic carbocycles. The number of hydrogen-bond donors (Lipinski definition) is 3. The van der Waals surface area contributed by atoms with E-state index in [2.05, 4.69) is 12.2 Å². The fraction of sp³-hybridized carbons (Fsp3) is 0.880. The number of carbonyl (C=O) groups is 1. The number of unbranched alkanes of at least 4 members (excludes halogenated alkanes) is 14. The molecule has 3 N–H and O–H groups in total. The number of nitrogens with one attached hydrogen (secondary N) is 1. The number of aliphatic hydroxyl groups is 2. The number of aliphatic hydroxyl groups excluding tert-OH is 2. The van der Waals surface area contributed by atoms with E-state index in [9.17, 15) is 15.0 Å². The van der Waals surface area contributed by atoms with E-state index in [0.29, 0.717) is 6.42 Å². The Kier molecular flexibility index (Phi) is 21.2. The Morgan fingerprint density at radius 2 is 1.28 bits per heavy atom. The van der Waals surface area contributed by atoms with Gasteiger partial charge in [0.1, 0.15) is 0 Å². The van der Waals surface area contributed by atoms with Crippen LogP contribution in [0.2, 0.25) is 0 Å². The average molecular weight is 412 g/mol. The highest BCUT2D eigenvalue weighted by Crippen LogP contribution is 2.13.